The lowest BCUT2D eigenvalue weighted by Crippen LogP contribution is -2.22. The van der Waals surface area contributed by atoms with E-state index in [0.29, 0.717) is 32.7 Å². The van der Waals surface area contributed by atoms with Crippen LogP contribution in [0.1, 0.15) is 32.6 Å². The van der Waals surface area contributed by atoms with E-state index >= 15 is 0 Å². The molecule has 5 nitrogen and oxygen atoms in total. The largest absolute Gasteiger partial charge is 0.352 e. The summed E-state index contributed by atoms with van der Waals surface area (Å²) in [7, 11) is 0. The number of carbonyl (C=O) groups is 2. The van der Waals surface area contributed by atoms with Crippen molar-refractivity contribution in [1.29, 1.82) is 0 Å². The fourth-order valence-corrected chi connectivity index (χ4v) is 4.39. The van der Waals surface area contributed by atoms with Crippen molar-refractivity contribution < 1.29 is 9.59 Å². The van der Waals surface area contributed by atoms with Gasteiger partial charge in [-0.1, -0.05) is 17.7 Å². The van der Waals surface area contributed by atoms with Crippen LogP contribution in [0.25, 0.3) is 9.88 Å². The average Bonchev–Trinajstić information content (AvgIpc) is 3.21. The first kappa shape index (κ1) is 18.6. The molecule has 0 saturated heterocycles. The van der Waals surface area contributed by atoms with Crippen molar-refractivity contribution in [3.63, 3.8) is 0 Å². The lowest BCUT2D eigenvalue weighted by Gasteiger charge is -2.07. The monoisotopic (exact) mass is 405 g/mol. The molecule has 0 bridgehead atoms. The molecule has 2 heterocycles. The van der Waals surface area contributed by atoms with Gasteiger partial charge < -0.3 is 10.6 Å². The average molecular weight is 406 g/mol. The van der Waals surface area contributed by atoms with Crippen LogP contribution >= 0.6 is 34.3 Å². The van der Waals surface area contributed by atoms with Crippen LogP contribution in [0.4, 0.5) is 5.69 Å². The number of nitrogens with one attached hydrogen (secondary N) is 2. The molecule has 2 amide bonds. The van der Waals surface area contributed by atoms with Crippen LogP contribution in [0.2, 0.25) is 4.34 Å². The smallest absolute Gasteiger partial charge is 0.267 e. The zero-order valence-electron chi connectivity index (χ0n) is 14.1. The molecule has 2 N–H and O–H groups in total. The fourth-order valence-electron chi connectivity index (χ4n) is 2.33. The summed E-state index contributed by atoms with van der Waals surface area (Å²) in [5, 5.41) is 6.34. The Balaban J connectivity index is 1.79. The summed E-state index contributed by atoms with van der Waals surface area (Å²) in [6.45, 7) is 4.20. The topological polar surface area (TPSA) is 71.1 Å². The molecule has 0 saturated carbocycles. The zero-order valence-corrected chi connectivity index (χ0v) is 16.5. The van der Waals surface area contributed by atoms with Crippen LogP contribution in [-0.4, -0.2) is 23.3 Å². The third kappa shape index (κ3) is 4.12. The Morgan fingerprint density at radius 1 is 1.15 bits per heavy atom. The van der Waals surface area contributed by atoms with E-state index in [1.165, 1.54) is 22.7 Å². The number of thiophene rings is 1. The molecular formula is C18H16ClN3O2S2. The number of thiazole rings is 1. The molecule has 3 aromatic rings. The number of aryl methyl sites for hydroxylation is 1. The molecule has 1 aromatic carbocycles. The van der Waals surface area contributed by atoms with E-state index in [1.807, 2.05) is 19.1 Å². The predicted octanol–water partition coefficient (Wildman–Crippen LogP) is 4.84. The van der Waals surface area contributed by atoms with E-state index in [0.717, 1.165) is 9.88 Å². The minimum Gasteiger partial charge on any atom is -0.352 e. The van der Waals surface area contributed by atoms with Gasteiger partial charge in [-0.05, 0) is 44.2 Å². The maximum atomic E-state index is 12.6. The van der Waals surface area contributed by atoms with Gasteiger partial charge in [0.25, 0.3) is 11.8 Å². The first-order valence-electron chi connectivity index (χ1n) is 7.90. The number of halogens is 1. The second kappa shape index (κ2) is 7.99. The number of hydrogen-bond donors (Lipinski definition) is 2. The minimum atomic E-state index is -0.248. The van der Waals surface area contributed by atoms with Gasteiger partial charge >= 0.3 is 0 Å². The van der Waals surface area contributed by atoms with Crippen LogP contribution in [0, 0.1) is 6.92 Å². The summed E-state index contributed by atoms with van der Waals surface area (Å²) in [6, 6.07) is 10.5. The Bertz CT molecular complexity index is 965. The number of hydrogen-bond acceptors (Lipinski definition) is 5. The molecule has 0 unspecified atom stereocenters. The first-order chi connectivity index (χ1) is 12.5. The fraction of sp³-hybridized carbons (Fsp3) is 0.167. The zero-order chi connectivity index (χ0) is 18.7. The SMILES string of the molecule is CCNC(=O)c1cccc(NC(=O)c2sc(-c3ccc(Cl)s3)nc2C)c1. The molecule has 0 spiro atoms. The van der Waals surface area contributed by atoms with Crippen molar-refractivity contribution in [3.8, 4) is 9.88 Å². The molecule has 0 aliphatic carbocycles. The maximum Gasteiger partial charge on any atom is 0.267 e. The van der Waals surface area contributed by atoms with Crippen LogP contribution < -0.4 is 10.6 Å². The second-order valence-electron chi connectivity index (χ2n) is 5.43. The molecule has 2 aromatic heterocycles. The maximum absolute atomic E-state index is 12.6. The number of carbonyl (C=O) groups excluding carboxylic acids is 2. The third-order valence-corrected chi connectivity index (χ3v) is 6.06. The van der Waals surface area contributed by atoms with E-state index in [-0.39, 0.29) is 11.8 Å². The van der Waals surface area contributed by atoms with Crippen molar-refractivity contribution in [1.82, 2.24) is 10.3 Å². The molecule has 26 heavy (non-hydrogen) atoms. The number of rotatable bonds is 5. The minimum absolute atomic E-state index is 0.172. The molecule has 0 aliphatic rings. The summed E-state index contributed by atoms with van der Waals surface area (Å²) in [4.78, 5) is 30.5. The molecule has 0 fully saturated rings. The summed E-state index contributed by atoms with van der Waals surface area (Å²) >= 11 is 8.72. The van der Waals surface area contributed by atoms with Gasteiger partial charge in [0.1, 0.15) is 9.88 Å². The first-order valence-corrected chi connectivity index (χ1v) is 9.91. The molecule has 134 valence electrons. The standard InChI is InChI=1S/C18H16ClN3O2S2/c1-3-20-16(23)11-5-4-6-12(9-11)22-17(24)15-10(2)21-18(26-15)13-7-8-14(19)25-13/h4-9H,3H2,1-2H3,(H,20,23)(H,22,24). The third-order valence-electron chi connectivity index (χ3n) is 3.51. The molecule has 3 rings (SSSR count). The highest BCUT2D eigenvalue weighted by atomic mass is 35.5. The lowest BCUT2D eigenvalue weighted by atomic mass is 10.2. The highest BCUT2D eigenvalue weighted by Gasteiger charge is 2.18. The van der Waals surface area contributed by atoms with Crippen LogP contribution in [0.3, 0.4) is 0 Å². The highest BCUT2D eigenvalue weighted by Crippen LogP contribution is 2.35. The predicted molar refractivity (Wildman–Crippen MR) is 108 cm³/mol. The van der Waals surface area contributed by atoms with Crippen molar-refractivity contribution in [2.24, 2.45) is 0 Å². The van der Waals surface area contributed by atoms with Crippen LogP contribution in [0.15, 0.2) is 36.4 Å². The van der Waals surface area contributed by atoms with Crippen molar-refractivity contribution in [2.45, 2.75) is 13.8 Å². The van der Waals surface area contributed by atoms with Gasteiger partial charge in [0.05, 0.1) is 14.9 Å². The lowest BCUT2D eigenvalue weighted by molar-refractivity contribution is 0.0954. The Hall–Kier alpha value is -2.22. The van der Waals surface area contributed by atoms with E-state index in [2.05, 4.69) is 15.6 Å². The quantitative estimate of drug-likeness (QED) is 0.638. The number of nitrogens with zero attached hydrogens (tertiary/aromatic N) is 1. The number of anilines is 1. The summed E-state index contributed by atoms with van der Waals surface area (Å²) in [5.41, 5.74) is 1.72. The Morgan fingerprint density at radius 3 is 2.65 bits per heavy atom. The van der Waals surface area contributed by atoms with Gasteiger partial charge in [-0.15, -0.1) is 22.7 Å². The Kier molecular flexibility index (Phi) is 5.70. The summed E-state index contributed by atoms with van der Waals surface area (Å²) < 4.78 is 0.682. The van der Waals surface area contributed by atoms with E-state index in [4.69, 9.17) is 11.6 Å². The summed E-state index contributed by atoms with van der Waals surface area (Å²) in [6.07, 6.45) is 0. The van der Waals surface area contributed by atoms with E-state index in [1.54, 1.807) is 31.2 Å². The molecule has 0 atom stereocenters. The van der Waals surface area contributed by atoms with Gasteiger partial charge in [0, 0.05) is 17.8 Å². The molecule has 0 aliphatic heterocycles. The second-order valence-corrected chi connectivity index (χ2v) is 8.15. The van der Waals surface area contributed by atoms with E-state index in [9.17, 15) is 9.59 Å². The van der Waals surface area contributed by atoms with E-state index < -0.39 is 0 Å². The summed E-state index contributed by atoms with van der Waals surface area (Å²) in [5.74, 6) is -0.420. The number of benzene rings is 1. The van der Waals surface area contributed by atoms with Gasteiger partial charge in [0.15, 0.2) is 0 Å². The highest BCUT2D eigenvalue weighted by molar-refractivity contribution is 7.24. The van der Waals surface area contributed by atoms with Gasteiger partial charge in [-0.2, -0.15) is 0 Å². The molecule has 0 radical (unpaired) electrons. The van der Waals surface area contributed by atoms with Gasteiger partial charge in [-0.3, -0.25) is 9.59 Å². The van der Waals surface area contributed by atoms with Crippen molar-refractivity contribution in [3.05, 3.63) is 56.9 Å². The van der Waals surface area contributed by atoms with Crippen molar-refractivity contribution >= 4 is 51.8 Å². The normalized spacial score (nSPS) is 10.6. The Labute approximate surface area is 164 Å². The van der Waals surface area contributed by atoms with Crippen LogP contribution in [-0.2, 0) is 0 Å². The van der Waals surface area contributed by atoms with Crippen molar-refractivity contribution in [2.75, 3.05) is 11.9 Å². The number of amides is 2. The van der Waals surface area contributed by atoms with Crippen LogP contribution in [0.5, 0.6) is 0 Å². The van der Waals surface area contributed by atoms with Gasteiger partial charge in [-0.25, -0.2) is 4.98 Å². The van der Waals surface area contributed by atoms with Gasteiger partial charge in [0.2, 0.25) is 0 Å². The Morgan fingerprint density at radius 2 is 1.96 bits per heavy atom. The number of aromatic nitrogens is 1. The molecular weight excluding hydrogens is 390 g/mol. The molecule has 8 heteroatoms.